The summed E-state index contributed by atoms with van der Waals surface area (Å²) in [4.78, 5) is 2.35. The second-order valence-electron chi connectivity index (χ2n) is 18.0. The van der Waals surface area contributed by atoms with Crippen molar-refractivity contribution in [2.45, 2.75) is 18.5 Å². The maximum atomic E-state index is 7.50. The first-order valence-electron chi connectivity index (χ1n) is 22.9. The Labute approximate surface area is 388 Å². The molecule has 0 unspecified atom stereocenters. The lowest BCUT2D eigenvalue weighted by Gasteiger charge is -2.37. The lowest BCUT2D eigenvalue weighted by atomic mass is 9.68. The molecule has 0 radical (unpaired) electrons. The summed E-state index contributed by atoms with van der Waals surface area (Å²) >= 11 is 0. The lowest BCUT2D eigenvalue weighted by Crippen LogP contribution is -2.56. The van der Waals surface area contributed by atoms with Crippen molar-refractivity contribution in [3.05, 3.63) is 271 Å². The van der Waals surface area contributed by atoms with Gasteiger partial charge in [-0.2, -0.15) is 0 Å². The van der Waals surface area contributed by atoms with Crippen molar-refractivity contribution in [1.29, 1.82) is 0 Å². The standard InChI is InChI=1S/C63H47NOSi/c1-66(2)58-29-17-27-54(61(58)65-62-59(66)43-42-57-60(62)55-26-15-16-28-56(55)63(57,49-22-11-5-12-23-49)50-24-13-6-14-25-50)48-34-40-53(41-35-48)64(51-36-30-46(31-37-51)44-18-7-3-8-19-44)52-38-32-47(33-39-52)45-20-9-4-10-21-45/h3-43H,1-2H3. The van der Waals surface area contributed by atoms with Gasteiger partial charge in [-0.05, 0) is 102 Å². The molecule has 2 nitrogen and oxygen atoms in total. The van der Waals surface area contributed by atoms with Crippen LogP contribution in [-0.2, 0) is 5.41 Å². The third-order valence-corrected chi connectivity index (χ3v) is 17.5. The molecule has 66 heavy (non-hydrogen) atoms. The molecule has 0 aromatic heterocycles. The quantitative estimate of drug-likeness (QED) is 0.141. The minimum Gasteiger partial charge on any atom is -0.456 e. The van der Waals surface area contributed by atoms with E-state index in [9.17, 15) is 0 Å². The van der Waals surface area contributed by atoms with Crippen molar-refractivity contribution in [1.82, 2.24) is 0 Å². The number of nitrogens with zero attached hydrogens (tertiary/aromatic N) is 1. The van der Waals surface area contributed by atoms with Gasteiger partial charge in [0.1, 0.15) is 19.6 Å². The summed E-state index contributed by atoms with van der Waals surface area (Å²) in [5.74, 6) is 1.98. The number of benzene rings is 10. The average Bonchev–Trinajstić information content (AvgIpc) is 3.69. The van der Waals surface area contributed by atoms with Crippen LogP contribution in [0.3, 0.4) is 0 Å². The zero-order valence-electron chi connectivity index (χ0n) is 37.0. The SMILES string of the molecule is C[Si]1(C)c2cccc(-c3ccc(N(c4ccc(-c5ccccc5)cc4)c4ccc(-c5ccccc5)cc4)cc3)c2Oc2c1ccc1c2-c2ccccc2C1(c1ccccc1)c1ccccc1. The number of ether oxygens (including phenoxy) is 1. The fourth-order valence-corrected chi connectivity index (χ4v) is 13.6. The predicted octanol–water partition coefficient (Wildman–Crippen LogP) is 15.4. The maximum Gasteiger partial charge on any atom is 0.135 e. The molecule has 3 heteroatoms. The van der Waals surface area contributed by atoms with E-state index in [1.165, 1.54) is 66.0 Å². The number of fused-ring (bicyclic) bond motifs is 6. The Balaban J connectivity index is 0.967. The van der Waals surface area contributed by atoms with Gasteiger partial charge in [0.2, 0.25) is 0 Å². The molecular formula is C63H47NOSi. The number of para-hydroxylation sites is 1. The van der Waals surface area contributed by atoms with Crippen molar-refractivity contribution in [3.8, 4) is 56.0 Å². The van der Waals surface area contributed by atoms with Gasteiger partial charge in [0.05, 0.1) is 5.41 Å². The van der Waals surface area contributed by atoms with Crippen LogP contribution in [0, 0.1) is 0 Å². The van der Waals surface area contributed by atoms with Gasteiger partial charge >= 0.3 is 0 Å². The first kappa shape index (κ1) is 39.6. The van der Waals surface area contributed by atoms with E-state index >= 15 is 0 Å². The van der Waals surface area contributed by atoms with E-state index in [-0.39, 0.29) is 0 Å². The molecule has 0 fully saturated rings. The van der Waals surface area contributed by atoms with Crippen molar-refractivity contribution in [2.75, 3.05) is 4.90 Å². The largest absolute Gasteiger partial charge is 0.456 e. The molecule has 0 amide bonds. The van der Waals surface area contributed by atoms with E-state index in [0.717, 1.165) is 39.7 Å². The van der Waals surface area contributed by atoms with Crippen LogP contribution in [0.2, 0.25) is 13.1 Å². The molecule has 0 spiro atoms. The highest BCUT2D eigenvalue weighted by atomic mass is 28.3. The molecule has 1 heterocycles. The minimum absolute atomic E-state index is 0.496. The smallest absolute Gasteiger partial charge is 0.135 e. The van der Waals surface area contributed by atoms with Gasteiger partial charge in [-0.15, -0.1) is 0 Å². The third kappa shape index (κ3) is 6.30. The van der Waals surface area contributed by atoms with E-state index in [4.69, 9.17) is 4.74 Å². The summed E-state index contributed by atoms with van der Waals surface area (Å²) in [6.07, 6.45) is 0. The maximum absolute atomic E-state index is 7.50. The molecule has 0 saturated heterocycles. The van der Waals surface area contributed by atoms with Crippen LogP contribution in [0.5, 0.6) is 11.5 Å². The van der Waals surface area contributed by atoms with Crippen molar-refractivity contribution >= 4 is 35.5 Å². The summed E-state index contributed by atoms with van der Waals surface area (Å²) in [5.41, 5.74) is 17.3. The van der Waals surface area contributed by atoms with Crippen LogP contribution in [-0.4, -0.2) is 8.07 Å². The topological polar surface area (TPSA) is 12.5 Å². The Kier molecular flexibility index (Phi) is 9.55. The van der Waals surface area contributed by atoms with Crippen LogP contribution < -0.4 is 20.0 Å². The summed E-state index contributed by atoms with van der Waals surface area (Å²) in [6.45, 7) is 4.97. The Morgan fingerprint density at radius 1 is 0.333 bits per heavy atom. The van der Waals surface area contributed by atoms with Gasteiger partial charge in [-0.1, -0.05) is 225 Å². The Morgan fingerprint density at radius 3 is 1.29 bits per heavy atom. The first-order valence-corrected chi connectivity index (χ1v) is 25.9. The molecule has 0 bridgehead atoms. The van der Waals surface area contributed by atoms with E-state index in [0.29, 0.717) is 0 Å². The molecule has 1 aliphatic heterocycles. The Hall–Kier alpha value is -7.98. The molecule has 0 saturated carbocycles. The highest BCUT2D eigenvalue weighted by Crippen LogP contribution is 2.59. The molecule has 0 atom stereocenters. The summed E-state index contributed by atoms with van der Waals surface area (Å²) in [5, 5.41) is 2.65. The zero-order valence-corrected chi connectivity index (χ0v) is 38.0. The second-order valence-corrected chi connectivity index (χ2v) is 22.3. The molecule has 10 aromatic carbocycles. The van der Waals surface area contributed by atoms with Crippen LogP contribution in [0.4, 0.5) is 17.1 Å². The molecule has 10 aromatic rings. The zero-order chi connectivity index (χ0) is 44.2. The van der Waals surface area contributed by atoms with E-state index in [2.05, 4.69) is 267 Å². The predicted molar refractivity (Wildman–Crippen MR) is 278 cm³/mol. The minimum atomic E-state index is -2.27. The van der Waals surface area contributed by atoms with E-state index in [1.807, 2.05) is 0 Å². The fourth-order valence-electron chi connectivity index (χ4n) is 10.8. The Morgan fingerprint density at radius 2 is 0.758 bits per heavy atom. The Bertz CT molecular complexity index is 3240. The van der Waals surface area contributed by atoms with Gasteiger partial charge in [-0.25, -0.2) is 0 Å². The fraction of sp³-hybridized carbons (Fsp3) is 0.0476. The van der Waals surface area contributed by atoms with Crippen LogP contribution in [0.25, 0.3) is 44.5 Å². The van der Waals surface area contributed by atoms with Gasteiger partial charge in [0, 0.05) is 28.2 Å². The van der Waals surface area contributed by atoms with Crippen molar-refractivity contribution in [2.24, 2.45) is 0 Å². The number of anilines is 3. The third-order valence-electron chi connectivity index (χ3n) is 14.0. The van der Waals surface area contributed by atoms with Crippen LogP contribution >= 0.6 is 0 Å². The summed E-state index contributed by atoms with van der Waals surface area (Å²) in [7, 11) is -2.27. The van der Waals surface area contributed by atoms with Crippen LogP contribution in [0.1, 0.15) is 22.3 Å². The lowest BCUT2D eigenvalue weighted by molar-refractivity contribution is 0.489. The van der Waals surface area contributed by atoms with Crippen molar-refractivity contribution in [3.63, 3.8) is 0 Å². The van der Waals surface area contributed by atoms with E-state index < -0.39 is 13.5 Å². The molecule has 1 aliphatic carbocycles. The van der Waals surface area contributed by atoms with Crippen molar-refractivity contribution < 1.29 is 4.74 Å². The number of rotatable bonds is 8. The molecular weight excluding hydrogens is 815 g/mol. The van der Waals surface area contributed by atoms with Gasteiger partial charge in [0.15, 0.2) is 0 Å². The van der Waals surface area contributed by atoms with Crippen LogP contribution in [0.15, 0.2) is 249 Å². The molecule has 0 N–H and O–H groups in total. The molecule has 2 aliphatic rings. The highest BCUT2D eigenvalue weighted by molar-refractivity contribution is 7.02. The van der Waals surface area contributed by atoms with Gasteiger partial charge in [-0.3, -0.25) is 0 Å². The summed E-state index contributed by atoms with van der Waals surface area (Å²) < 4.78 is 7.50. The highest BCUT2D eigenvalue weighted by Gasteiger charge is 2.49. The van der Waals surface area contributed by atoms with Gasteiger partial charge in [0.25, 0.3) is 0 Å². The average molecular weight is 862 g/mol. The normalized spacial score (nSPS) is 13.7. The van der Waals surface area contributed by atoms with Gasteiger partial charge < -0.3 is 9.64 Å². The number of hydrogen-bond donors (Lipinski definition) is 0. The molecule has 314 valence electrons. The summed E-state index contributed by atoms with van der Waals surface area (Å²) in [6, 6.07) is 90.6. The second kappa shape index (κ2) is 15.9. The molecule has 12 rings (SSSR count). The monoisotopic (exact) mass is 861 g/mol. The van der Waals surface area contributed by atoms with E-state index in [1.54, 1.807) is 0 Å². The first-order chi connectivity index (χ1) is 32.5. The number of hydrogen-bond acceptors (Lipinski definition) is 2.